The maximum Gasteiger partial charge on any atom is 0.162 e. The van der Waals surface area contributed by atoms with Crippen molar-refractivity contribution in [3.8, 4) is 11.5 Å². The van der Waals surface area contributed by atoms with Gasteiger partial charge in [-0.3, -0.25) is 4.98 Å². The third-order valence-corrected chi connectivity index (χ3v) is 6.74. The molecule has 0 amide bonds. The quantitative estimate of drug-likeness (QED) is 0.708. The second-order valence-electron chi connectivity index (χ2n) is 8.81. The highest BCUT2D eigenvalue weighted by Gasteiger charge is 2.23. The molecule has 0 saturated carbocycles. The third kappa shape index (κ3) is 4.51. The Kier molecular flexibility index (Phi) is 6.98. The topological polar surface area (TPSA) is 46.6 Å². The van der Waals surface area contributed by atoms with Gasteiger partial charge in [0.05, 0.1) is 19.7 Å². The second kappa shape index (κ2) is 9.86. The first-order chi connectivity index (χ1) is 14.7. The van der Waals surface area contributed by atoms with Crippen LogP contribution in [0, 0.1) is 0 Å². The van der Waals surface area contributed by atoms with Gasteiger partial charge >= 0.3 is 0 Å². The predicted molar refractivity (Wildman–Crippen MR) is 124 cm³/mol. The van der Waals surface area contributed by atoms with Crippen LogP contribution in [0.4, 0.5) is 5.69 Å². The normalized spacial score (nSPS) is 18.5. The number of aryl methyl sites for hydroxylation is 1. The van der Waals surface area contributed by atoms with Gasteiger partial charge in [0.25, 0.3) is 0 Å². The summed E-state index contributed by atoms with van der Waals surface area (Å²) in [5, 5.41) is 5.16. The van der Waals surface area contributed by atoms with Crippen molar-refractivity contribution in [3.05, 3.63) is 23.4 Å². The molecule has 1 fully saturated rings. The van der Waals surface area contributed by atoms with E-state index in [1.54, 1.807) is 14.2 Å². The van der Waals surface area contributed by atoms with E-state index in [4.69, 9.17) is 14.5 Å². The zero-order chi connectivity index (χ0) is 20.9. The van der Waals surface area contributed by atoms with E-state index in [0.29, 0.717) is 6.04 Å². The Morgan fingerprint density at radius 2 is 1.70 bits per heavy atom. The van der Waals surface area contributed by atoms with Gasteiger partial charge in [-0.15, -0.1) is 0 Å². The van der Waals surface area contributed by atoms with Gasteiger partial charge in [-0.25, -0.2) is 0 Å². The van der Waals surface area contributed by atoms with Crippen LogP contribution in [0.1, 0.15) is 63.1 Å². The molecule has 5 heteroatoms. The summed E-state index contributed by atoms with van der Waals surface area (Å²) in [6, 6.07) is 4.68. The van der Waals surface area contributed by atoms with Crippen molar-refractivity contribution in [3.63, 3.8) is 0 Å². The molecule has 2 aliphatic rings. The van der Waals surface area contributed by atoms with Crippen LogP contribution >= 0.6 is 0 Å². The molecular formula is C25H37N3O2. The molecule has 1 saturated heterocycles. The molecular weight excluding hydrogens is 374 g/mol. The van der Waals surface area contributed by atoms with E-state index in [1.165, 1.54) is 86.9 Å². The maximum absolute atomic E-state index is 5.63. The van der Waals surface area contributed by atoms with E-state index in [1.807, 2.05) is 6.07 Å². The number of rotatable bonds is 6. The zero-order valence-corrected chi connectivity index (χ0v) is 18.9. The van der Waals surface area contributed by atoms with Crippen LogP contribution in [0.2, 0.25) is 0 Å². The lowest BCUT2D eigenvalue weighted by molar-refractivity contribution is 0.219. The Labute approximate surface area is 181 Å². The zero-order valence-electron chi connectivity index (χ0n) is 18.9. The van der Waals surface area contributed by atoms with Crippen LogP contribution in [0.5, 0.6) is 11.5 Å². The number of anilines is 1. The molecule has 1 aliphatic heterocycles. The molecule has 5 nitrogen and oxygen atoms in total. The van der Waals surface area contributed by atoms with Crippen molar-refractivity contribution in [2.45, 2.75) is 70.8 Å². The standard InChI is InChI=1S/C25H37N3O2/c1-4-13-28-14-11-18(12-15-28)26-25-19-9-7-5-6-8-10-21(19)27-22-17-24(30-3)23(29-2)16-20(22)25/h16-18H,4-15H2,1-3H3,(H,26,27). The Hall–Kier alpha value is -2.01. The highest BCUT2D eigenvalue weighted by molar-refractivity contribution is 5.96. The number of benzene rings is 1. The largest absolute Gasteiger partial charge is 0.493 e. The predicted octanol–water partition coefficient (Wildman–Crippen LogP) is 5.20. The molecule has 4 rings (SSSR count). The molecule has 1 aliphatic carbocycles. The second-order valence-corrected chi connectivity index (χ2v) is 8.81. The number of aromatic nitrogens is 1. The smallest absolute Gasteiger partial charge is 0.162 e. The number of hydrogen-bond donors (Lipinski definition) is 1. The molecule has 0 bridgehead atoms. The summed E-state index contributed by atoms with van der Waals surface area (Å²) < 4.78 is 11.2. The first-order valence-electron chi connectivity index (χ1n) is 11.8. The Balaban J connectivity index is 1.73. The Morgan fingerprint density at radius 1 is 1.00 bits per heavy atom. The molecule has 164 valence electrons. The molecule has 0 unspecified atom stereocenters. The minimum atomic E-state index is 0.520. The van der Waals surface area contributed by atoms with Gasteiger partial charge in [0.1, 0.15) is 0 Å². The van der Waals surface area contributed by atoms with E-state index < -0.39 is 0 Å². The first kappa shape index (κ1) is 21.2. The number of nitrogens with one attached hydrogen (secondary N) is 1. The summed E-state index contributed by atoms with van der Waals surface area (Å²) in [6.07, 6.45) is 10.9. The minimum absolute atomic E-state index is 0.520. The SMILES string of the molecule is CCCN1CCC(Nc2c3c(nc4cc(OC)c(OC)cc24)CCCCCC3)CC1. The summed E-state index contributed by atoms with van der Waals surface area (Å²) in [7, 11) is 3.40. The molecule has 1 aromatic heterocycles. The van der Waals surface area contributed by atoms with Gasteiger partial charge in [0, 0.05) is 42.0 Å². The van der Waals surface area contributed by atoms with Gasteiger partial charge in [0.15, 0.2) is 11.5 Å². The number of methoxy groups -OCH3 is 2. The number of likely N-dealkylation sites (tertiary alicyclic amines) is 1. The molecule has 1 aromatic carbocycles. The molecule has 0 radical (unpaired) electrons. The van der Waals surface area contributed by atoms with Gasteiger partial charge in [0.2, 0.25) is 0 Å². The van der Waals surface area contributed by atoms with E-state index in [0.717, 1.165) is 29.9 Å². The van der Waals surface area contributed by atoms with Crippen molar-refractivity contribution in [2.75, 3.05) is 39.2 Å². The molecule has 1 N–H and O–H groups in total. The van der Waals surface area contributed by atoms with Crippen LogP contribution in [0.3, 0.4) is 0 Å². The van der Waals surface area contributed by atoms with Crippen LogP contribution in [-0.2, 0) is 12.8 Å². The Bertz CT molecular complexity index is 859. The number of pyridine rings is 1. The fourth-order valence-electron chi connectivity index (χ4n) is 5.09. The van der Waals surface area contributed by atoms with Crippen LogP contribution < -0.4 is 14.8 Å². The number of piperidine rings is 1. The summed E-state index contributed by atoms with van der Waals surface area (Å²) in [5.74, 6) is 1.53. The molecule has 2 heterocycles. The summed E-state index contributed by atoms with van der Waals surface area (Å²) >= 11 is 0. The number of hydrogen-bond acceptors (Lipinski definition) is 5. The fraction of sp³-hybridized carbons (Fsp3) is 0.640. The summed E-state index contributed by atoms with van der Waals surface area (Å²) in [6.45, 7) is 5.87. The monoisotopic (exact) mass is 411 g/mol. The average molecular weight is 412 g/mol. The van der Waals surface area contributed by atoms with Crippen molar-refractivity contribution >= 4 is 16.6 Å². The molecule has 0 atom stereocenters. The lowest BCUT2D eigenvalue weighted by atomic mass is 9.93. The van der Waals surface area contributed by atoms with Gasteiger partial charge in [-0.2, -0.15) is 0 Å². The first-order valence-corrected chi connectivity index (χ1v) is 11.8. The molecule has 0 spiro atoms. The van der Waals surface area contributed by atoms with Crippen molar-refractivity contribution in [2.24, 2.45) is 0 Å². The van der Waals surface area contributed by atoms with Crippen molar-refractivity contribution in [1.29, 1.82) is 0 Å². The lowest BCUT2D eigenvalue weighted by Gasteiger charge is -2.33. The fourth-order valence-corrected chi connectivity index (χ4v) is 5.09. The highest BCUT2D eigenvalue weighted by Crippen LogP contribution is 2.39. The summed E-state index contributed by atoms with van der Waals surface area (Å²) in [5.41, 5.74) is 5.02. The minimum Gasteiger partial charge on any atom is -0.493 e. The van der Waals surface area contributed by atoms with E-state index >= 15 is 0 Å². The highest BCUT2D eigenvalue weighted by atomic mass is 16.5. The molecule has 30 heavy (non-hydrogen) atoms. The maximum atomic E-state index is 5.63. The van der Waals surface area contributed by atoms with Crippen LogP contribution in [-0.4, -0.2) is 49.8 Å². The number of ether oxygens (including phenoxy) is 2. The van der Waals surface area contributed by atoms with Crippen molar-refractivity contribution < 1.29 is 9.47 Å². The van der Waals surface area contributed by atoms with Crippen LogP contribution in [0.25, 0.3) is 10.9 Å². The average Bonchev–Trinajstić information content (AvgIpc) is 2.75. The summed E-state index contributed by atoms with van der Waals surface area (Å²) in [4.78, 5) is 7.71. The van der Waals surface area contributed by atoms with Gasteiger partial charge < -0.3 is 19.7 Å². The molecule has 2 aromatic rings. The van der Waals surface area contributed by atoms with E-state index in [2.05, 4.69) is 23.2 Å². The van der Waals surface area contributed by atoms with Gasteiger partial charge in [-0.05, 0) is 63.1 Å². The lowest BCUT2D eigenvalue weighted by Crippen LogP contribution is -2.39. The number of fused-ring (bicyclic) bond motifs is 2. The van der Waals surface area contributed by atoms with E-state index in [9.17, 15) is 0 Å². The third-order valence-electron chi connectivity index (χ3n) is 6.74. The van der Waals surface area contributed by atoms with E-state index in [-0.39, 0.29) is 0 Å². The Morgan fingerprint density at radius 3 is 2.40 bits per heavy atom. The van der Waals surface area contributed by atoms with Crippen LogP contribution in [0.15, 0.2) is 12.1 Å². The number of nitrogens with zero attached hydrogens (tertiary/aromatic N) is 2. The van der Waals surface area contributed by atoms with Crippen molar-refractivity contribution in [1.82, 2.24) is 9.88 Å². The van der Waals surface area contributed by atoms with Gasteiger partial charge in [-0.1, -0.05) is 19.8 Å².